The molecule has 0 spiro atoms. The Balaban J connectivity index is 0.000000947. The number of imidazole rings is 1. The third-order valence-electron chi connectivity index (χ3n) is 7.86. The van der Waals surface area contributed by atoms with Crippen molar-refractivity contribution < 1.29 is 4.74 Å². The second kappa shape index (κ2) is 19.2. The summed E-state index contributed by atoms with van der Waals surface area (Å²) in [7, 11) is 5.99. The highest BCUT2D eigenvalue weighted by atomic mass is 16.5. The summed E-state index contributed by atoms with van der Waals surface area (Å²) in [5.74, 6) is 0.882. The summed E-state index contributed by atoms with van der Waals surface area (Å²) < 4.78 is 7.55. The highest BCUT2D eigenvalue weighted by molar-refractivity contribution is 5.30. The van der Waals surface area contributed by atoms with Crippen molar-refractivity contribution in [1.82, 2.24) is 29.7 Å². The van der Waals surface area contributed by atoms with Gasteiger partial charge in [0.2, 0.25) is 0 Å². The van der Waals surface area contributed by atoms with Gasteiger partial charge in [-0.2, -0.15) is 0 Å². The topological polar surface area (TPSA) is 58.5 Å². The van der Waals surface area contributed by atoms with Crippen molar-refractivity contribution in [2.45, 2.75) is 98.1 Å². The highest BCUT2D eigenvalue weighted by Crippen LogP contribution is 2.39. The Morgan fingerprint density at radius 1 is 1.14 bits per heavy atom. The van der Waals surface area contributed by atoms with Crippen molar-refractivity contribution in [3.63, 3.8) is 0 Å². The molecule has 0 saturated carbocycles. The normalized spacial score (nSPS) is 15.5. The van der Waals surface area contributed by atoms with Crippen LogP contribution in [0.3, 0.4) is 0 Å². The molecule has 0 fully saturated rings. The molecule has 7 heteroatoms. The third-order valence-corrected chi connectivity index (χ3v) is 7.86. The van der Waals surface area contributed by atoms with Crippen LogP contribution in [-0.2, 0) is 19.6 Å². The molecule has 3 atom stereocenters. The van der Waals surface area contributed by atoms with Gasteiger partial charge in [0.05, 0.1) is 37.5 Å². The van der Waals surface area contributed by atoms with E-state index in [4.69, 9.17) is 14.7 Å². The number of nitrogens with zero attached hydrogens (tertiary/aromatic N) is 5. The molecule has 1 aromatic carbocycles. The molecule has 0 bridgehead atoms. The van der Waals surface area contributed by atoms with E-state index >= 15 is 0 Å². The van der Waals surface area contributed by atoms with E-state index in [2.05, 4.69) is 104 Å². The molecule has 1 aliphatic rings. The summed E-state index contributed by atoms with van der Waals surface area (Å²) >= 11 is 0. The number of likely N-dealkylation sites (N-methyl/N-ethyl adjacent to an activating group) is 1. The van der Waals surface area contributed by atoms with Gasteiger partial charge >= 0.3 is 0 Å². The minimum atomic E-state index is 0.211. The van der Waals surface area contributed by atoms with Gasteiger partial charge in [-0.3, -0.25) is 15.2 Å². The largest absolute Gasteiger partial charge is 0.497 e. The zero-order valence-corrected chi connectivity index (χ0v) is 27.5. The first-order chi connectivity index (χ1) is 20.4. The van der Waals surface area contributed by atoms with E-state index in [1.54, 1.807) is 7.11 Å². The number of aromatic nitrogens is 3. The Hall–Kier alpha value is -3.00. The van der Waals surface area contributed by atoms with Crippen molar-refractivity contribution in [3.8, 4) is 5.75 Å². The van der Waals surface area contributed by atoms with Crippen LogP contribution in [0.25, 0.3) is 0 Å². The molecular weight excluding hydrogens is 520 g/mol. The SMILES string of the molecule is C=CCC.CC.CCC(CNCn1cnc(CN([C@@H](C)c2ccc(OC)cc2)[C@H]2CCCc3cccnc32)c1)N(C)C. The molecule has 0 aliphatic heterocycles. The van der Waals surface area contributed by atoms with E-state index in [1.165, 1.54) is 23.2 Å². The maximum atomic E-state index is 5.39. The van der Waals surface area contributed by atoms with Crippen LogP contribution < -0.4 is 10.1 Å². The number of allylic oxidation sites excluding steroid dienone is 1. The molecular formula is C35H56N6O. The average Bonchev–Trinajstić information content (AvgIpc) is 3.49. The lowest BCUT2D eigenvalue weighted by atomic mass is 9.89. The molecule has 42 heavy (non-hydrogen) atoms. The van der Waals surface area contributed by atoms with E-state index < -0.39 is 0 Å². The van der Waals surface area contributed by atoms with Crippen LogP contribution in [0.2, 0.25) is 0 Å². The standard InChI is InChI=1S/C29H42N6O.C4H8.C2H6/c1-6-26(33(3)4)17-30-20-34-18-25(32-21-34)19-35(22(2)23-12-14-27(36-5)15-13-23)28-11-7-9-24-10-8-16-31-29(24)28;1-3-4-2;1-2/h8,10,12-16,18,21-22,26,28,30H,6-7,9,11,17,19-20H2,1-5H3;3H,1,4H2,2H3;1-2H3/t22-,26?,28-;;/m0../s1. The molecule has 232 valence electrons. The lowest BCUT2D eigenvalue weighted by molar-refractivity contribution is 0.114. The van der Waals surface area contributed by atoms with E-state index in [1.807, 2.05) is 32.4 Å². The first-order valence-electron chi connectivity index (χ1n) is 15.7. The summed E-state index contributed by atoms with van der Waals surface area (Å²) in [6, 6.07) is 13.8. The second-order valence-electron chi connectivity index (χ2n) is 10.8. The fourth-order valence-corrected chi connectivity index (χ4v) is 5.31. The minimum Gasteiger partial charge on any atom is -0.497 e. The molecule has 7 nitrogen and oxygen atoms in total. The third kappa shape index (κ3) is 10.4. The van der Waals surface area contributed by atoms with Gasteiger partial charge in [-0.15, -0.1) is 6.58 Å². The predicted octanol–water partition coefficient (Wildman–Crippen LogP) is 7.42. The Bertz CT molecular complexity index is 1140. The molecule has 0 amide bonds. The van der Waals surface area contributed by atoms with Crippen LogP contribution in [0.15, 0.2) is 67.8 Å². The molecule has 0 saturated heterocycles. The fourth-order valence-electron chi connectivity index (χ4n) is 5.31. The maximum absolute atomic E-state index is 5.39. The number of benzene rings is 1. The van der Waals surface area contributed by atoms with Crippen molar-refractivity contribution in [1.29, 1.82) is 0 Å². The van der Waals surface area contributed by atoms with Crippen LogP contribution in [0.1, 0.15) is 94.9 Å². The zero-order valence-electron chi connectivity index (χ0n) is 27.5. The second-order valence-corrected chi connectivity index (χ2v) is 10.8. The van der Waals surface area contributed by atoms with Crippen molar-refractivity contribution in [3.05, 3.63) is 90.3 Å². The van der Waals surface area contributed by atoms with Gasteiger partial charge < -0.3 is 14.2 Å². The summed E-state index contributed by atoms with van der Waals surface area (Å²) in [4.78, 5) is 14.5. The Labute approximate surface area is 256 Å². The quantitative estimate of drug-likeness (QED) is 0.214. The average molecular weight is 577 g/mol. The fraction of sp³-hybridized carbons (Fsp3) is 0.543. The molecule has 2 aromatic heterocycles. The molecule has 1 aliphatic carbocycles. The van der Waals surface area contributed by atoms with Crippen molar-refractivity contribution in [2.24, 2.45) is 0 Å². The summed E-state index contributed by atoms with van der Waals surface area (Å²) in [5, 5.41) is 3.58. The highest BCUT2D eigenvalue weighted by Gasteiger charge is 2.31. The number of fused-ring (bicyclic) bond motifs is 1. The van der Waals surface area contributed by atoms with Crippen LogP contribution in [0, 0.1) is 0 Å². The van der Waals surface area contributed by atoms with Gasteiger partial charge in [-0.25, -0.2) is 4.98 Å². The van der Waals surface area contributed by atoms with Gasteiger partial charge in [0.25, 0.3) is 0 Å². The van der Waals surface area contributed by atoms with Crippen LogP contribution in [-0.4, -0.2) is 58.1 Å². The smallest absolute Gasteiger partial charge is 0.118 e. The van der Waals surface area contributed by atoms with Gasteiger partial charge in [-0.05, 0) is 82.4 Å². The maximum Gasteiger partial charge on any atom is 0.118 e. The van der Waals surface area contributed by atoms with Crippen LogP contribution >= 0.6 is 0 Å². The predicted molar refractivity (Wildman–Crippen MR) is 177 cm³/mol. The van der Waals surface area contributed by atoms with Gasteiger partial charge in [-0.1, -0.05) is 52.0 Å². The van der Waals surface area contributed by atoms with Gasteiger partial charge in [0.1, 0.15) is 5.75 Å². The number of methoxy groups -OCH3 is 1. The Morgan fingerprint density at radius 3 is 2.48 bits per heavy atom. The molecule has 0 radical (unpaired) electrons. The zero-order chi connectivity index (χ0) is 30.9. The molecule has 4 rings (SSSR count). The molecule has 3 aromatic rings. The Kier molecular flexibility index (Phi) is 16.1. The number of hydrogen-bond donors (Lipinski definition) is 1. The first kappa shape index (κ1) is 35.2. The molecule has 1 N–H and O–H groups in total. The van der Waals surface area contributed by atoms with E-state index in [0.29, 0.717) is 6.04 Å². The number of rotatable bonds is 13. The number of nitrogens with one attached hydrogen (secondary N) is 1. The van der Waals surface area contributed by atoms with Crippen molar-refractivity contribution >= 4 is 0 Å². The van der Waals surface area contributed by atoms with Crippen LogP contribution in [0.4, 0.5) is 0 Å². The van der Waals surface area contributed by atoms with Crippen LogP contribution in [0.5, 0.6) is 5.75 Å². The van der Waals surface area contributed by atoms with E-state index in [0.717, 1.165) is 56.9 Å². The van der Waals surface area contributed by atoms with Crippen molar-refractivity contribution in [2.75, 3.05) is 27.7 Å². The monoisotopic (exact) mass is 576 g/mol. The van der Waals surface area contributed by atoms with E-state index in [-0.39, 0.29) is 12.1 Å². The first-order valence-corrected chi connectivity index (χ1v) is 15.7. The Morgan fingerprint density at radius 2 is 1.86 bits per heavy atom. The summed E-state index contributed by atoms with van der Waals surface area (Å²) in [5.41, 5.74) is 4.95. The van der Waals surface area contributed by atoms with Gasteiger partial charge in [0, 0.05) is 37.6 Å². The summed E-state index contributed by atoms with van der Waals surface area (Å²) in [6.45, 7) is 16.6. The molecule has 1 unspecified atom stereocenters. The number of hydrogen-bond acceptors (Lipinski definition) is 6. The summed E-state index contributed by atoms with van der Waals surface area (Å²) in [6.07, 6.45) is 13.5. The van der Waals surface area contributed by atoms with E-state index in [9.17, 15) is 0 Å². The number of aryl methyl sites for hydroxylation is 1. The van der Waals surface area contributed by atoms with Gasteiger partial charge in [0.15, 0.2) is 0 Å². The lowest BCUT2D eigenvalue weighted by Gasteiger charge is -2.38. The number of ether oxygens (including phenoxy) is 1. The number of pyridine rings is 1. The molecule has 2 heterocycles. The lowest BCUT2D eigenvalue weighted by Crippen LogP contribution is -2.37. The minimum absolute atomic E-state index is 0.211.